The van der Waals surface area contributed by atoms with Gasteiger partial charge in [0.25, 0.3) is 0 Å². The summed E-state index contributed by atoms with van der Waals surface area (Å²) in [5, 5.41) is 0. The molecule has 5 heteroatoms. The first-order chi connectivity index (χ1) is 0. The second-order valence-corrected chi connectivity index (χ2v) is 0. The maximum absolute atomic E-state index is 0. The molecule has 0 N–H and O–H groups in total. The molecule has 0 spiro atoms. The van der Waals surface area contributed by atoms with Crippen LogP contribution in [0, 0.1) is 0 Å². The quantitative estimate of drug-likeness (QED) is 0.385. The second kappa shape index (κ2) is 35.7. The summed E-state index contributed by atoms with van der Waals surface area (Å²) in [6.07, 6.45) is 0. The van der Waals surface area contributed by atoms with Gasteiger partial charge in [0.2, 0.25) is 0 Å². The largest absolute Gasteiger partial charge is 2.00 e. The third kappa shape index (κ3) is 23.1. The van der Waals surface area contributed by atoms with Gasteiger partial charge in [-0.05, 0) is 0 Å². The normalized spacial score (nSPS) is 0. The molecule has 0 saturated heterocycles. The van der Waals surface area contributed by atoms with Crippen molar-refractivity contribution in [3.63, 3.8) is 0 Å². The van der Waals surface area contributed by atoms with E-state index in [-0.39, 0.29) is 82.1 Å². The summed E-state index contributed by atoms with van der Waals surface area (Å²) in [5.41, 5.74) is 0. The first-order valence-corrected chi connectivity index (χ1v) is 0. The summed E-state index contributed by atoms with van der Waals surface area (Å²) in [7, 11) is 0. The fourth-order valence-corrected chi connectivity index (χ4v) is 0. The minimum Gasteiger partial charge on any atom is -0.0626 e. The predicted molar refractivity (Wildman–Crippen MR) is 39.8 cm³/mol. The SMILES string of the molecule is [BH4-].[BH4-].[BH4-].[Na+].[Pb+2]. The molecule has 2 radical (unpaired) electrons. The molecule has 0 heterocycles. The average Bonchev–Trinajstić information content (AvgIpc) is 0. The standard InChI is InChI=1S/3BH4.Na.Pb/h3*1H4;;/q3*-1;+1;+2. The van der Waals surface area contributed by atoms with E-state index in [1.54, 1.807) is 0 Å². The molecule has 26 valence electrons. The fourth-order valence-electron chi connectivity index (χ4n) is 0. The molecule has 5 heavy (non-hydrogen) atoms. The van der Waals surface area contributed by atoms with Crippen LogP contribution in [0.1, 0.15) is 0 Å². The molecule has 0 aromatic heterocycles. The van der Waals surface area contributed by atoms with Crippen molar-refractivity contribution in [1.29, 1.82) is 0 Å². The molecule has 0 aromatic carbocycles. The minimum absolute atomic E-state index is 0. The monoisotopic (exact) mass is 276 g/mol. The van der Waals surface area contributed by atoms with Gasteiger partial charge in [0.15, 0.2) is 0 Å². The van der Waals surface area contributed by atoms with Gasteiger partial charge < -0.3 is 0 Å². The Hall–Kier alpha value is 2.12. The second-order valence-electron chi connectivity index (χ2n) is 0. The Morgan fingerprint density at radius 3 is 0.600 bits per heavy atom. The van der Waals surface area contributed by atoms with E-state index in [0.717, 1.165) is 0 Å². The van der Waals surface area contributed by atoms with Crippen molar-refractivity contribution in [1.82, 2.24) is 0 Å². The Morgan fingerprint density at radius 2 is 0.600 bits per heavy atom. The van der Waals surface area contributed by atoms with E-state index in [1.807, 2.05) is 0 Å². The molecule has 0 fully saturated rings. The summed E-state index contributed by atoms with van der Waals surface area (Å²) in [5.74, 6) is 0. The molecule has 0 aliphatic heterocycles. The van der Waals surface area contributed by atoms with Gasteiger partial charge in [-0.25, -0.2) is 0 Å². The molecule has 0 aromatic rings. The van der Waals surface area contributed by atoms with Gasteiger partial charge in [-0.15, -0.1) is 0 Å². The molecule has 0 aliphatic rings. The van der Waals surface area contributed by atoms with Gasteiger partial charge in [0.1, 0.15) is 0 Å². The van der Waals surface area contributed by atoms with Crippen LogP contribution in [0.15, 0.2) is 0 Å². The van der Waals surface area contributed by atoms with Gasteiger partial charge in [-0.1, -0.05) is 25.2 Å². The van der Waals surface area contributed by atoms with Gasteiger partial charge in [-0.3, -0.25) is 0 Å². The predicted octanol–water partition coefficient (Wildman–Crippen LogP) is -7.73. The van der Waals surface area contributed by atoms with Crippen LogP contribution < -0.4 is 29.6 Å². The van der Waals surface area contributed by atoms with Crippen molar-refractivity contribution >= 4 is 52.5 Å². The molecule has 0 unspecified atom stereocenters. The molecule has 0 nitrogen and oxygen atoms in total. The van der Waals surface area contributed by atoms with Crippen molar-refractivity contribution in [2.24, 2.45) is 0 Å². The first-order valence-electron chi connectivity index (χ1n) is 0. The molecule has 0 amide bonds. The van der Waals surface area contributed by atoms with Crippen molar-refractivity contribution < 1.29 is 29.6 Å². The average molecular weight is 275 g/mol. The van der Waals surface area contributed by atoms with Crippen LogP contribution in [0.25, 0.3) is 0 Å². The van der Waals surface area contributed by atoms with Crippen molar-refractivity contribution in [2.45, 2.75) is 0 Å². The molecule has 0 saturated carbocycles. The summed E-state index contributed by atoms with van der Waals surface area (Å²) in [6, 6.07) is 0. The van der Waals surface area contributed by atoms with Crippen molar-refractivity contribution in [3.8, 4) is 0 Å². The number of rotatable bonds is 0. The van der Waals surface area contributed by atoms with Crippen LogP contribution in [0.3, 0.4) is 0 Å². The van der Waals surface area contributed by atoms with Crippen LogP contribution in [0.2, 0.25) is 0 Å². The van der Waals surface area contributed by atoms with E-state index in [2.05, 4.69) is 0 Å². The molecule has 0 rings (SSSR count). The molecule has 0 bridgehead atoms. The van der Waals surface area contributed by atoms with E-state index in [0.29, 0.717) is 0 Å². The number of hydrogen-bond donors (Lipinski definition) is 0. The van der Waals surface area contributed by atoms with Crippen LogP contribution in [0.5, 0.6) is 0 Å². The van der Waals surface area contributed by atoms with E-state index in [1.165, 1.54) is 0 Å². The molecule has 0 atom stereocenters. The Labute approximate surface area is 81.0 Å². The van der Waals surface area contributed by atoms with Crippen LogP contribution in [-0.4, -0.2) is 52.5 Å². The van der Waals surface area contributed by atoms with E-state index in [9.17, 15) is 0 Å². The smallest absolute Gasteiger partial charge is 0.0626 e. The zero-order valence-electron chi connectivity index (χ0n) is 1.50. The molecule has 0 aliphatic carbocycles. The first kappa shape index (κ1) is 59.4. The Bertz CT molecular complexity index is 6.85. The van der Waals surface area contributed by atoms with Gasteiger partial charge in [-0.2, -0.15) is 0 Å². The van der Waals surface area contributed by atoms with E-state index in [4.69, 9.17) is 0 Å². The van der Waals surface area contributed by atoms with Crippen molar-refractivity contribution in [2.75, 3.05) is 0 Å². The molecular weight excluding hydrogens is 263 g/mol. The maximum atomic E-state index is 0. The third-order valence-corrected chi connectivity index (χ3v) is 0. The zero-order chi connectivity index (χ0) is 0. The molecular formula is H12B3NaPb. The third-order valence-electron chi connectivity index (χ3n) is 0. The van der Waals surface area contributed by atoms with Crippen molar-refractivity contribution in [3.05, 3.63) is 0 Å². The summed E-state index contributed by atoms with van der Waals surface area (Å²) in [4.78, 5) is 0. The fraction of sp³-hybridized carbons (Fsp3) is 0. The summed E-state index contributed by atoms with van der Waals surface area (Å²) in [6.45, 7) is 0. The summed E-state index contributed by atoms with van der Waals surface area (Å²) < 4.78 is 0. The Morgan fingerprint density at radius 1 is 0.600 bits per heavy atom. The Kier molecular flexibility index (Phi) is 425. The van der Waals surface area contributed by atoms with E-state index >= 15 is 0 Å². The van der Waals surface area contributed by atoms with Crippen LogP contribution >= 0.6 is 0 Å². The number of hydrogen-bond acceptors (Lipinski definition) is 0. The van der Waals surface area contributed by atoms with Crippen LogP contribution in [-0.2, 0) is 0 Å². The van der Waals surface area contributed by atoms with Gasteiger partial charge in [0, 0.05) is 0 Å². The van der Waals surface area contributed by atoms with E-state index < -0.39 is 0 Å². The topological polar surface area (TPSA) is 0 Å². The summed E-state index contributed by atoms with van der Waals surface area (Å²) >= 11 is 0. The zero-order valence-corrected chi connectivity index (χ0v) is 7.39. The van der Waals surface area contributed by atoms with Gasteiger partial charge in [0.05, 0.1) is 0 Å². The Balaban J connectivity index is 0. The van der Waals surface area contributed by atoms with Crippen LogP contribution in [0.4, 0.5) is 0 Å². The minimum atomic E-state index is 0. The maximum Gasteiger partial charge on any atom is 2.00 e. The van der Waals surface area contributed by atoms with Gasteiger partial charge >= 0.3 is 56.9 Å².